The summed E-state index contributed by atoms with van der Waals surface area (Å²) >= 11 is 0. The maximum Gasteiger partial charge on any atom is 0.328 e. The number of aromatic nitrogens is 4. The summed E-state index contributed by atoms with van der Waals surface area (Å²) in [6.07, 6.45) is 1.27. The number of nitrogens with zero attached hydrogens (tertiary/aromatic N) is 3. The number of fused-ring (bicyclic) bond motifs is 1. The van der Waals surface area contributed by atoms with Gasteiger partial charge in [-0.15, -0.1) is 0 Å². The van der Waals surface area contributed by atoms with Gasteiger partial charge < -0.3 is 10.7 Å². The van der Waals surface area contributed by atoms with Gasteiger partial charge >= 0.3 is 5.69 Å². The molecular weight excluding hydrogens is 356 g/mol. The number of anilines is 2. The Bertz CT molecular complexity index is 1070. The van der Waals surface area contributed by atoms with Crippen molar-refractivity contribution in [3.8, 4) is 0 Å². The van der Waals surface area contributed by atoms with Crippen molar-refractivity contribution in [2.24, 2.45) is 0 Å². The molecule has 0 aliphatic rings. The van der Waals surface area contributed by atoms with Crippen LogP contribution < -0.4 is 16.1 Å². The van der Waals surface area contributed by atoms with Gasteiger partial charge in [-0.2, -0.15) is 9.97 Å². The Hall–Kier alpha value is -2.88. The third-order valence-corrected chi connectivity index (χ3v) is 5.17. The lowest BCUT2D eigenvalue weighted by Gasteiger charge is -2.08. The van der Waals surface area contributed by atoms with Gasteiger partial charge in [0.1, 0.15) is 5.52 Å². The fourth-order valence-corrected chi connectivity index (χ4v) is 3.67. The molecule has 26 heavy (non-hydrogen) atoms. The zero-order valence-electron chi connectivity index (χ0n) is 14.3. The molecule has 3 rings (SSSR count). The van der Waals surface area contributed by atoms with Crippen molar-refractivity contribution in [1.82, 2.24) is 19.5 Å². The van der Waals surface area contributed by atoms with Crippen LogP contribution in [0.3, 0.4) is 0 Å². The SMILES string of the molecule is CCCCS(=O)(=O)Nc1nc(N)c2[nH]c(=O)n(Cc3ccccc3)c2n1. The zero-order valence-corrected chi connectivity index (χ0v) is 15.1. The summed E-state index contributed by atoms with van der Waals surface area (Å²) < 4.78 is 27.9. The molecule has 4 N–H and O–H groups in total. The highest BCUT2D eigenvalue weighted by atomic mass is 32.2. The lowest BCUT2D eigenvalue weighted by molar-refractivity contribution is 0.597. The normalized spacial score (nSPS) is 11.7. The molecule has 0 saturated carbocycles. The Balaban J connectivity index is 2.01. The van der Waals surface area contributed by atoms with E-state index in [1.165, 1.54) is 4.57 Å². The van der Waals surface area contributed by atoms with E-state index in [1.54, 1.807) is 0 Å². The van der Waals surface area contributed by atoms with E-state index in [1.807, 2.05) is 37.3 Å². The number of aromatic amines is 1. The van der Waals surface area contributed by atoms with Crippen LogP contribution in [-0.2, 0) is 16.6 Å². The molecule has 9 nitrogen and oxygen atoms in total. The van der Waals surface area contributed by atoms with Crippen LogP contribution in [-0.4, -0.2) is 33.7 Å². The van der Waals surface area contributed by atoms with Crippen LogP contribution >= 0.6 is 0 Å². The van der Waals surface area contributed by atoms with Crippen molar-refractivity contribution < 1.29 is 8.42 Å². The molecule has 0 saturated heterocycles. The minimum Gasteiger partial charge on any atom is -0.382 e. The number of hydrogen-bond acceptors (Lipinski definition) is 6. The number of H-pyrrole nitrogens is 1. The van der Waals surface area contributed by atoms with Gasteiger partial charge in [-0.3, -0.25) is 9.29 Å². The monoisotopic (exact) mass is 376 g/mol. The van der Waals surface area contributed by atoms with Crippen molar-refractivity contribution in [2.45, 2.75) is 26.3 Å². The number of unbranched alkanes of at least 4 members (excludes halogenated alkanes) is 1. The second kappa shape index (κ2) is 7.16. The molecule has 0 spiro atoms. The van der Waals surface area contributed by atoms with E-state index in [4.69, 9.17) is 5.73 Å². The molecule has 0 atom stereocenters. The van der Waals surface area contributed by atoms with Gasteiger partial charge in [-0.05, 0) is 12.0 Å². The van der Waals surface area contributed by atoms with Gasteiger partial charge in [0, 0.05) is 0 Å². The average molecular weight is 376 g/mol. The molecule has 0 amide bonds. The fourth-order valence-electron chi connectivity index (χ4n) is 2.53. The topological polar surface area (TPSA) is 136 Å². The summed E-state index contributed by atoms with van der Waals surface area (Å²) in [6.45, 7) is 2.18. The first-order valence-electron chi connectivity index (χ1n) is 8.20. The average Bonchev–Trinajstić information content (AvgIpc) is 2.90. The summed E-state index contributed by atoms with van der Waals surface area (Å²) in [4.78, 5) is 23.0. The first kappa shape index (κ1) is 17.9. The summed E-state index contributed by atoms with van der Waals surface area (Å²) in [5, 5.41) is 0. The third kappa shape index (κ3) is 3.85. The van der Waals surface area contributed by atoms with E-state index in [9.17, 15) is 13.2 Å². The Kier molecular flexibility index (Phi) is 4.94. The van der Waals surface area contributed by atoms with E-state index in [0.29, 0.717) is 6.42 Å². The number of sulfonamides is 1. The van der Waals surface area contributed by atoms with E-state index >= 15 is 0 Å². The number of nitrogens with one attached hydrogen (secondary N) is 2. The highest BCUT2D eigenvalue weighted by Gasteiger charge is 2.17. The maximum absolute atomic E-state index is 12.3. The van der Waals surface area contributed by atoms with Crippen LogP contribution in [0.2, 0.25) is 0 Å². The lowest BCUT2D eigenvalue weighted by atomic mass is 10.2. The summed E-state index contributed by atoms with van der Waals surface area (Å²) in [5.41, 5.74) is 6.92. The molecule has 3 aromatic rings. The molecule has 0 bridgehead atoms. The third-order valence-electron chi connectivity index (χ3n) is 3.85. The van der Waals surface area contributed by atoms with Gasteiger partial charge in [0.15, 0.2) is 11.5 Å². The van der Waals surface area contributed by atoms with E-state index in [2.05, 4.69) is 19.7 Å². The van der Waals surface area contributed by atoms with Gasteiger partial charge in [0.05, 0.1) is 12.3 Å². The minimum absolute atomic E-state index is 0.00658. The molecule has 0 aliphatic carbocycles. The Labute approximate surface area is 150 Å². The van der Waals surface area contributed by atoms with Gasteiger partial charge in [-0.1, -0.05) is 43.7 Å². The fraction of sp³-hybridized carbons (Fsp3) is 0.312. The molecule has 0 radical (unpaired) electrons. The predicted molar refractivity (Wildman–Crippen MR) is 100 cm³/mol. The highest BCUT2D eigenvalue weighted by molar-refractivity contribution is 7.92. The van der Waals surface area contributed by atoms with Crippen LogP contribution in [0.25, 0.3) is 11.2 Å². The Morgan fingerprint density at radius 1 is 1.23 bits per heavy atom. The molecule has 2 aromatic heterocycles. The standard InChI is InChI=1S/C16H20N6O3S/c1-2-3-9-26(24,25)21-15-19-13(17)12-14(20-15)22(16(23)18-12)10-11-7-5-4-6-8-11/h4-8H,2-3,9-10H2,1H3,(H,18,23)(H3,17,19,20,21). The molecule has 0 fully saturated rings. The number of rotatable bonds is 7. The first-order chi connectivity index (χ1) is 12.4. The largest absolute Gasteiger partial charge is 0.382 e. The van der Waals surface area contributed by atoms with Gasteiger partial charge in [0.2, 0.25) is 16.0 Å². The zero-order chi connectivity index (χ0) is 18.7. The van der Waals surface area contributed by atoms with Crippen molar-refractivity contribution in [1.29, 1.82) is 0 Å². The summed E-state index contributed by atoms with van der Waals surface area (Å²) in [6, 6.07) is 9.37. The molecule has 138 valence electrons. The quantitative estimate of drug-likeness (QED) is 0.568. The number of imidazole rings is 1. The van der Waals surface area contributed by atoms with E-state index < -0.39 is 15.7 Å². The highest BCUT2D eigenvalue weighted by Crippen LogP contribution is 2.18. The van der Waals surface area contributed by atoms with Crippen LogP contribution in [0.4, 0.5) is 11.8 Å². The summed E-state index contributed by atoms with van der Waals surface area (Å²) in [7, 11) is -3.58. The maximum atomic E-state index is 12.3. The number of benzene rings is 1. The van der Waals surface area contributed by atoms with Crippen LogP contribution in [0.1, 0.15) is 25.3 Å². The second-order valence-corrected chi connectivity index (χ2v) is 7.75. The van der Waals surface area contributed by atoms with Gasteiger partial charge in [-0.25, -0.2) is 13.2 Å². The van der Waals surface area contributed by atoms with Crippen molar-refractivity contribution >= 4 is 33.0 Å². The minimum atomic E-state index is -3.58. The van der Waals surface area contributed by atoms with Crippen LogP contribution in [0, 0.1) is 0 Å². The second-order valence-electron chi connectivity index (χ2n) is 5.91. The number of nitrogens with two attached hydrogens (primary N) is 1. The number of hydrogen-bond donors (Lipinski definition) is 3. The molecule has 0 aliphatic heterocycles. The van der Waals surface area contributed by atoms with Crippen molar-refractivity contribution in [3.63, 3.8) is 0 Å². The Morgan fingerprint density at radius 3 is 2.65 bits per heavy atom. The van der Waals surface area contributed by atoms with E-state index in [0.717, 1.165) is 12.0 Å². The van der Waals surface area contributed by atoms with Crippen LogP contribution in [0.15, 0.2) is 35.1 Å². The van der Waals surface area contributed by atoms with Crippen molar-refractivity contribution in [2.75, 3.05) is 16.2 Å². The lowest BCUT2D eigenvalue weighted by Crippen LogP contribution is -2.20. The predicted octanol–water partition coefficient (Wildman–Crippen LogP) is 1.29. The molecule has 1 aromatic carbocycles. The van der Waals surface area contributed by atoms with Crippen LogP contribution in [0.5, 0.6) is 0 Å². The van der Waals surface area contributed by atoms with Gasteiger partial charge in [0.25, 0.3) is 0 Å². The summed E-state index contributed by atoms with van der Waals surface area (Å²) in [5.74, 6) is -0.173. The Morgan fingerprint density at radius 2 is 1.96 bits per heavy atom. The molecule has 2 heterocycles. The molecule has 10 heteroatoms. The number of nitrogen functional groups attached to an aromatic ring is 1. The van der Waals surface area contributed by atoms with E-state index in [-0.39, 0.29) is 35.2 Å². The smallest absolute Gasteiger partial charge is 0.328 e. The molecular formula is C16H20N6O3S. The van der Waals surface area contributed by atoms with Crippen molar-refractivity contribution in [3.05, 3.63) is 46.4 Å². The molecule has 0 unspecified atom stereocenters. The first-order valence-corrected chi connectivity index (χ1v) is 9.85.